The molecule has 1 aliphatic rings. The van der Waals surface area contributed by atoms with Crippen LogP contribution < -0.4 is 10.1 Å². The topological polar surface area (TPSA) is 21.3 Å². The molecule has 1 heterocycles. The molecule has 1 aromatic rings. The Morgan fingerprint density at radius 1 is 1.38 bits per heavy atom. The molecule has 2 atom stereocenters. The van der Waals surface area contributed by atoms with Gasteiger partial charge >= 0.3 is 0 Å². The normalized spacial score (nSPS) is 26.6. The van der Waals surface area contributed by atoms with Crippen LogP contribution in [0.15, 0.2) is 24.3 Å². The highest BCUT2D eigenvalue weighted by molar-refractivity contribution is 5.38. The zero-order chi connectivity index (χ0) is 9.26. The quantitative estimate of drug-likeness (QED) is 0.743. The summed E-state index contributed by atoms with van der Waals surface area (Å²) < 4.78 is 5.32. The molecule has 0 aromatic heterocycles. The Labute approximate surface area is 78.9 Å². The van der Waals surface area contributed by atoms with Crippen LogP contribution in [0.5, 0.6) is 5.75 Å². The summed E-state index contributed by atoms with van der Waals surface area (Å²) in [4.78, 5) is 0. The number of hydrogen-bond donors (Lipinski definition) is 1. The molecule has 2 nitrogen and oxygen atoms in total. The number of hydrogen-bond acceptors (Lipinski definition) is 2. The van der Waals surface area contributed by atoms with Gasteiger partial charge in [-0.15, -0.1) is 0 Å². The van der Waals surface area contributed by atoms with Gasteiger partial charge in [-0.2, -0.15) is 0 Å². The smallest absolute Gasteiger partial charge is 0.122 e. The van der Waals surface area contributed by atoms with Crippen molar-refractivity contribution in [1.82, 2.24) is 5.32 Å². The number of benzene rings is 1. The summed E-state index contributed by atoms with van der Waals surface area (Å²) >= 11 is 0. The molecule has 2 rings (SSSR count). The number of para-hydroxylation sites is 1. The van der Waals surface area contributed by atoms with Gasteiger partial charge in [0.25, 0.3) is 0 Å². The Hall–Kier alpha value is -1.02. The minimum atomic E-state index is 0.580. The summed E-state index contributed by atoms with van der Waals surface area (Å²) in [5.74, 6) is 1.64. The van der Waals surface area contributed by atoms with Crippen molar-refractivity contribution in [2.75, 3.05) is 13.7 Å². The number of methoxy groups -OCH3 is 1. The molecule has 2 unspecified atom stereocenters. The second-order valence-corrected chi connectivity index (χ2v) is 3.55. The van der Waals surface area contributed by atoms with Gasteiger partial charge in [0.2, 0.25) is 0 Å². The van der Waals surface area contributed by atoms with E-state index in [9.17, 15) is 0 Å². The fourth-order valence-electron chi connectivity index (χ4n) is 1.82. The van der Waals surface area contributed by atoms with E-state index < -0.39 is 0 Å². The first-order valence-corrected chi connectivity index (χ1v) is 4.69. The van der Waals surface area contributed by atoms with Crippen LogP contribution in [0.3, 0.4) is 0 Å². The van der Waals surface area contributed by atoms with Gasteiger partial charge in [-0.05, 0) is 18.6 Å². The van der Waals surface area contributed by atoms with Gasteiger partial charge in [-0.25, -0.2) is 0 Å². The molecule has 0 bridgehead atoms. The first-order valence-electron chi connectivity index (χ1n) is 4.69. The summed E-state index contributed by atoms with van der Waals surface area (Å²) in [6.45, 7) is 3.28. The van der Waals surface area contributed by atoms with Crippen LogP contribution in [0.2, 0.25) is 0 Å². The van der Waals surface area contributed by atoms with Crippen molar-refractivity contribution < 1.29 is 4.74 Å². The van der Waals surface area contributed by atoms with Crippen LogP contribution in [-0.4, -0.2) is 19.7 Å². The molecule has 0 saturated carbocycles. The largest absolute Gasteiger partial charge is 0.496 e. The number of ether oxygens (including phenoxy) is 1. The standard InChI is InChI=1S/C11H15NO/c1-8-10(7-12-8)9-5-3-4-6-11(9)13-2/h3-6,8,10,12H,7H2,1-2H3. The molecule has 70 valence electrons. The van der Waals surface area contributed by atoms with Crippen molar-refractivity contribution in [2.24, 2.45) is 0 Å². The second kappa shape index (κ2) is 3.38. The highest BCUT2D eigenvalue weighted by Crippen LogP contribution is 2.32. The van der Waals surface area contributed by atoms with E-state index >= 15 is 0 Å². The molecule has 0 amide bonds. The van der Waals surface area contributed by atoms with Crippen LogP contribution in [0.25, 0.3) is 0 Å². The molecule has 0 aliphatic carbocycles. The molecule has 0 spiro atoms. The molecule has 0 radical (unpaired) electrons. The van der Waals surface area contributed by atoms with Gasteiger partial charge in [-0.3, -0.25) is 0 Å². The molecule has 1 saturated heterocycles. The van der Waals surface area contributed by atoms with E-state index in [1.807, 2.05) is 12.1 Å². The molecule has 1 fully saturated rings. The van der Waals surface area contributed by atoms with E-state index in [0.717, 1.165) is 12.3 Å². The van der Waals surface area contributed by atoms with Crippen molar-refractivity contribution in [1.29, 1.82) is 0 Å². The number of nitrogens with one attached hydrogen (secondary N) is 1. The van der Waals surface area contributed by atoms with Gasteiger partial charge in [-0.1, -0.05) is 18.2 Å². The zero-order valence-electron chi connectivity index (χ0n) is 8.08. The molecular weight excluding hydrogens is 162 g/mol. The van der Waals surface area contributed by atoms with Crippen molar-refractivity contribution in [3.63, 3.8) is 0 Å². The maximum absolute atomic E-state index is 5.32. The van der Waals surface area contributed by atoms with Crippen molar-refractivity contribution in [3.05, 3.63) is 29.8 Å². The minimum absolute atomic E-state index is 0.580. The van der Waals surface area contributed by atoms with Gasteiger partial charge in [0.1, 0.15) is 5.75 Å². The summed E-state index contributed by atoms with van der Waals surface area (Å²) in [6.07, 6.45) is 0. The minimum Gasteiger partial charge on any atom is -0.496 e. The van der Waals surface area contributed by atoms with Crippen LogP contribution in [0.1, 0.15) is 18.4 Å². The predicted octanol–water partition coefficient (Wildman–Crippen LogP) is 1.77. The van der Waals surface area contributed by atoms with E-state index in [-0.39, 0.29) is 0 Å². The summed E-state index contributed by atoms with van der Waals surface area (Å²) in [7, 11) is 1.73. The molecule has 1 aromatic carbocycles. The lowest BCUT2D eigenvalue weighted by Gasteiger charge is -2.36. The van der Waals surface area contributed by atoms with Crippen molar-refractivity contribution >= 4 is 0 Å². The fourth-order valence-corrected chi connectivity index (χ4v) is 1.82. The highest BCUT2D eigenvalue weighted by atomic mass is 16.5. The van der Waals surface area contributed by atoms with Crippen molar-refractivity contribution in [2.45, 2.75) is 18.9 Å². The van der Waals surface area contributed by atoms with E-state index in [2.05, 4.69) is 24.4 Å². The lowest BCUT2D eigenvalue weighted by atomic mass is 9.85. The Morgan fingerprint density at radius 2 is 2.15 bits per heavy atom. The average Bonchev–Trinajstić information content (AvgIpc) is 2.16. The van der Waals surface area contributed by atoms with Crippen LogP contribution >= 0.6 is 0 Å². The van der Waals surface area contributed by atoms with Crippen LogP contribution in [0.4, 0.5) is 0 Å². The van der Waals surface area contributed by atoms with Gasteiger partial charge in [0.15, 0.2) is 0 Å². The third kappa shape index (κ3) is 1.42. The van der Waals surface area contributed by atoms with Gasteiger partial charge < -0.3 is 10.1 Å². The third-order valence-corrected chi connectivity index (χ3v) is 2.80. The predicted molar refractivity (Wildman–Crippen MR) is 53.2 cm³/mol. The number of rotatable bonds is 2. The molecular formula is C11H15NO. The van der Waals surface area contributed by atoms with Crippen LogP contribution in [-0.2, 0) is 0 Å². The highest BCUT2D eigenvalue weighted by Gasteiger charge is 2.29. The Kier molecular flexibility index (Phi) is 2.23. The Balaban J connectivity index is 2.28. The monoisotopic (exact) mass is 177 g/mol. The first-order chi connectivity index (χ1) is 6.33. The van der Waals surface area contributed by atoms with Gasteiger partial charge in [0.05, 0.1) is 7.11 Å². The third-order valence-electron chi connectivity index (χ3n) is 2.80. The van der Waals surface area contributed by atoms with E-state index in [1.165, 1.54) is 5.56 Å². The zero-order valence-corrected chi connectivity index (χ0v) is 8.08. The van der Waals surface area contributed by atoms with E-state index in [0.29, 0.717) is 12.0 Å². The van der Waals surface area contributed by atoms with Crippen molar-refractivity contribution in [3.8, 4) is 5.75 Å². The molecule has 2 heteroatoms. The van der Waals surface area contributed by atoms with Gasteiger partial charge in [0, 0.05) is 18.5 Å². The Morgan fingerprint density at radius 3 is 2.69 bits per heavy atom. The molecule has 1 N–H and O–H groups in total. The fraction of sp³-hybridized carbons (Fsp3) is 0.455. The second-order valence-electron chi connectivity index (χ2n) is 3.55. The summed E-state index contributed by atoms with van der Waals surface area (Å²) in [6, 6.07) is 8.85. The average molecular weight is 177 g/mol. The summed E-state index contributed by atoms with van der Waals surface area (Å²) in [5, 5.41) is 3.35. The maximum atomic E-state index is 5.32. The lowest BCUT2D eigenvalue weighted by molar-refractivity contribution is 0.320. The van der Waals surface area contributed by atoms with E-state index in [4.69, 9.17) is 4.74 Å². The van der Waals surface area contributed by atoms with E-state index in [1.54, 1.807) is 7.11 Å². The van der Waals surface area contributed by atoms with Crippen LogP contribution in [0, 0.1) is 0 Å². The lowest BCUT2D eigenvalue weighted by Crippen LogP contribution is -2.48. The first kappa shape index (κ1) is 8.57. The maximum Gasteiger partial charge on any atom is 0.122 e. The Bertz CT molecular complexity index is 298. The SMILES string of the molecule is COc1ccccc1C1CNC1C. The summed E-state index contributed by atoms with van der Waals surface area (Å²) in [5.41, 5.74) is 1.33. The molecule has 13 heavy (non-hydrogen) atoms. The molecule has 1 aliphatic heterocycles.